The van der Waals surface area contributed by atoms with Crippen LogP contribution in [0.4, 0.5) is 4.79 Å². The topological polar surface area (TPSA) is 100 Å². The summed E-state index contributed by atoms with van der Waals surface area (Å²) in [5, 5.41) is 8.71. The molecule has 25 heavy (non-hydrogen) atoms. The van der Waals surface area contributed by atoms with Gasteiger partial charge in [0.15, 0.2) is 0 Å². The summed E-state index contributed by atoms with van der Waals surface area (Å²) in [7, 11) is 1.47. The Morgan fingerprint density at radius 1 is 1.28 bits per heavy atom. The molecular formula is C17H21N5O3. The zero-order chi connectivity index (χ0) is 17.6. The highest BCUT2D eigenvalue weighted by Gasteiger charge is 2.30. The quantitative estimate of drug-likeness (QED) is 0.877. The molecule has 0 unspecified atom stereocenters. The molecule has 1 saturated heterocycles. The molecule has 1 aromatic heterocycles. The molecule has 0 radical (unpaired) electrons. The fraction of sp³-hybridized carbons (Fsp3) is 0.412. The predicted molar refractivity (Wildman–Crippen MR) is 90.5 cm³/mol. The summed E-state index contributed by atoms with van der Waals surface area (Å²) in [6.45, 7) is 0.857. The second-order valence-corrected chi connectivity index (χ2v) is 5.93. The molecule has 2 N–H and O–H groups in total. The van der Waals surface area contributed by atoms with Crippen LogP contribution in [-0.4, -0.2) is 47.1 Å². The first-order valence-electron chi connectivity index (χ1n) is 8.32. The normalized spacial score (nSPS) is 17.9. The van der Waals surface area contributed by atoms with Crippen LogP contribution in [0.15, 0.2) is 34.9 Å². The Morgan fingerprint density at radius 3 is 2.84 bits per heavy atom. The number of nitrogens with one attached hydrogen (secondary N) is 2. The molecule has 132 valence electrons. The predicted octanol–water partition coefficient (Wildman–Crippen LogP) is 1.72. The maximum atomic E-state index is 12.0. The van der Waals surface area contributed by atoms with E-state index in [1.54, 1.807) is 0 Å². The maximum absolute atomic E-state index is 12.0. The second-order valence-electron chi connectivity index (χ2n) is 5.93. The van der Waals surface area contributed by atoms with Crippen molar-refractivity contribution in [1.29, 1.82) is 0 Å². The number of amides is 3. The van der Waals surface area contributed by atoms with Crippen molar-refractivity contribution in [2.24, 2.45) is 0 Å². The van der Waals surface area contributed by atoms with Gasteiger partial charge in [-0.15, -0.1) is 0 Å². The highest BCUT2D eigenvalue weighted by Crippen LogP contribution is 2.30. The van der Waals surface area contributed by atoms with Crippen LogP contribution >= 0.6 is 0 Å². The smallest absolute Gasteiger partial charge is 0.321 e. The van der Waals surface area contributed by atoms with Crippen LogP contribution in [0.5, 0.6) is 0 Å². The molecule has 0 bridgehead atoms. The molecule has 1 atom stereocenters. The standard InChI is InChI=1S/C17H21N5O3/c1-18-17(24)19-14(23)11-22-10-6-5-9-13(22)16-20-15(21-25-16)12-7-3-2-4-8-12/h2-4,7-8,13H,5-6,9-11H2,1H3,(H2,18,19,23,24)/t13-/m1/s1. The van der Waals surface area contributed by atoms with Crippen molar-refractivity contribution in [2.75, 3.05) is 20.1 Å². The monoisotopic (exact) mass is 343 g/mol. The van der Waals surface area contributed by atoms with Crippen LogP contribution < -0.4 is 10.6 Å². The number of carbonyl (C=O) groups is 2. The molecule has 2 aromatic rings. The molecule has 0 aliphatic carbocycles. The fourth-order valence-electron chi connectivity index (χ4n) is 2.95. The van der Waals surface area contributed by atoms with Crippen LogP contribution in [0, 0.1) is 0 Å². The van der Waals surface area contributed by atoms with Crippen LogP contribution in [-0.2, 0) is 4.79 Å². The van der Waals surface area contributed by atoms with Crippen molar-refractivity contribution in [3.8, 4) is 11.4 Å². The first kappa shape index (κ1) is 17.1. The van der Waals surface area contributed by atoms with E-state index in [1.165, 1.54) is 7.05 Å². The van der Waals surface area contributed by atoms with E-state index in [0.717, 1.165) is 31.4 Å². The van der Waals surface area contributed by atoms with Gasteiger partial charge in [-0.3, -0.25) is 15.0 Å². The SMILES string of the molecule is CNC(=O)NC(=O)CN1CCCC[C@@H]1c1nc(-c2ccccc2)no1. The van der Waals surface area contributed by atoms with Crippen molar-refractivity contribution >= 4 is 11.9 Å². The second kappa shape index (κ2) is 7.89. The minimum Gasteiger partial charge on any atom is -0.341 e. The summed E-state index contributed by atoms with van der Waals surface area (Å²) in [6, 6.07) is 8.98. The molecular weight excluding hydrogens is 322 g/mol. The number of hydrogen-bond donors (Lipinski definition) is 2. The molecule has 1 aliphatic rings. The Bertz CT molecular complexity index is 731. The molecule has 3 rings (SSSR count). The number of likely N-dealkylation sites (tertiary alicyclic amines) is 1. The molecule has 8 heteroatoms. The highest BCUT2D eigenvalue weighted by atomic mass is 16.5. The number of aromatic nitrogens is 2. The number of hydrogen-bond acceptors (Lipinski definition) is 6. The third-order valence-electron chi connectivity index (χ3n) is 4.20. The van der Waals surface area contributed by atoms with Gasteiger partial charge in [-0.25, -0.2) is 4.79 Å². The van der Waals surface area contributed by atoms with Crippen LogP contribution in [0.3, 0.4) is 0 Å². The summed E-state index contributed by atoms with van der Waals surface area (Å²) in [5.41, 5.74) is 0.886. The van der Waals surface area contributed by atoms with Gasteiger partial charge in [0.25, 0.3) is 0 Å². The van der Waals surface area contributed by atoms with E-state index in [4.69, 9.17) is 4.52 Å². The van der Waals surface area contributed by atoms with Crippen molar-refractivity contribution in [2.45, 2.75) is 25.3 Å². The molecule has 1 fully saturated rings. The van der Waals surface area contributed by atoms with E-state index in [-0.39, 0.29) is 18.5 Å². The first-order chi connectivity index (χ1) is 12.2. The van der Waals surface area contributed by atoms with E-state index >= 15 is 0 Å². The van der Waals surface area contributed by atoms with Gasteiger partial charge in [0.2, 0.25) is 17.6 Å². The van der Waals surface area contributed by atoms with Crippen LogP contribution in [0.1, 0.15) is 31.2 Å². The summed E-state index contributed by atoms with van der Waals surface area (Å²) in [5.74, 6) is 0.691. The Hall–Kier alpha value is -2.74. The first-order valence-corrected chi connectivity index (χ1v) is 8.32. The van der Waals surface area contributed by atoms with Gasteiger partial charge in [0.05, 0.1) is 12.6 Å². The van der Waals surface area contributed by atoms with Gasteiger partial charge in [0, 0.05) is 12.6 Å². The lowest BCUT2D eigenvalue weighted by Gasteiger charge is -2.32. The van der Waals surface area contributed by atoms with E-state index < -0.39 is 6.03 Å². The average molecular weight is 343 g/mol. The molecule has 1 aromatic carbocycles. The number of rotatable bonds is 4. The lowest BCUT2D eigenvalue weighted by molar-refractivity contribution is -0.122. The van der Waals surface area contributed by atoms with Crippen LogP contribution in [0.25, 0.3) is 11.4 Å². The van der Waals surface area contributed by atoms with Gasteiger partial charge in [-0.2, -0.15) is 4.98 Å². The van der Waals surface area contributed by atoms with Gasteiger partial charge in [0.1, 0.15) is 0 Å². The van der Waals surface area contributed by atoms with Crippen LogP contribution in [0.2, 0.25) is 0 Å². The molecule has 8 nitrogen and oxygen atoms in total. The number of nitrogens with zero attached hydrogens (tertiary/aromatic N) is 3. The maximum Gasteiger partial charge on any atom is 0.321 e. The lowest BCUT2D eigenvalue weighted by atomic mass is 10.0. The third-order valence-corrected chi connectivity index (χ3v) is 4.20. The number of piperidine rings is 1. The summed E-state index contributed by atoms with van der Waals surface area (Å²) in [4.78, 5) is 29.8. The Kier molecular flexibility index (Phi) is 5.39. The summed E-state index contributed by atoms with van der Waals surface area (Å²) in [6.07, 6.45) is 2.86. The molecule has 1 aliphatic heterocycles. The van der Waals surface area contributed by atoms with Crippen molar-refractivity contribution in [3.05, 3.63) is 36.2 Å². The van der Waals surface area contributed by atoms with Crippen molar-refractivity contribution in [3.63, 3.8) is 0 Å². The van der Waals surface area contributed by atoms with Gasteiger partial charge in [-0.1, -0.05) is 41.9 Å². The minimum atomic E-state index is -0.511. The lowest BCUT2D eigenvalue weighted by Crippen LogP contribution is -2.45. The van der Waals surface area contributed by atoms with E-state index in [1.807, 2.05) is 35.2 Å². The van der Waals surface area contributed by atoms with Crippen molar-refractivity contribution in [1.82, 2.24) is 25.7 Å². The van der Waals surface area contributed by atoms with E-state index in [0.29, 0.717) is 11.7 Å². The largest absolute Gasteiger partial charge is 0.341 e. The van der Waals surface area contributed by atoms with Gasteiger partial charge in [-0.05, 0) is 19.4 Å². The zero-order valence-corrected chi connectivity index (χ0v) is 14.1. The number of urea groups is 1. The molecule has 2 heterocycles. The van der Waals surface area contributed by atoms with E-state index in [9.17, 15) is 9.59 Å². The number of benzene rings is 1. The zero-order valence-electron chi connectivity index (χ0n) is 14.1. The third kappa shape index (κ3) is 4.21. The number of imide groups is 1. The minimum absolute atomic E-state index is 0.112. The Morgan fingerprint density at radius 2 is 2.08 bits per heavy atom. The molecule has 0 spiro atoms. The molecule has 3 amide bonds. The number of carbonyl (C=O) groups excluding carboxylic acids is 2. The van der Waals surface area contributed by atoms with Gasteiger partial charge >= 0.3 is 6.03 Å². The van der Waals surface area contributed by atoms with Gasteiger partial charge < -0.3 is 9.84 Å². The Balaban J connectivity index is 1.72. The Labute approximate surface area is 145 Å². The summed E-state index contributed by atoms with van der Waals surface area (Å²) >= 11 is 0. The summed E-state index contributed by atoms with van der Waals surface area (Å²) < 4.78 is 5.46. The highest BCUT2D eigenvalue weighted by molar-refractivity contribution is 5.95. The van der Waals surface area contributed by atoms with E-state index in [2.05, 4.69) is 20.8 Å². The van der Waals surface area contributed by atoms with Crippen molar-refractivity contribution < 1.29 is 14.1 Å². The fourth-order valence-corrected chi connectivity index (χ4v) is 2.95. The average Bonchev–Trinajstić information content (AvgIpc) is 3.12. The molecule has 0 saturated carbocycles.